The minimum absolute atomic E-state index is 0.0967. The molecule has 0 unspecified atom stereocenters. The van der Waals surface area contributed by atoms with Crippen molar-refractivity contribution < 1.29 is 14.1 Å². The topological polar surface area (TPSA) is 65.2 Å². The van der Waals surface area contributed by atoms with Crippen LogP contribution in [0, 0.1) is 0 Å². The van der Waals surface area contributed by atoms with Crippen LogP contribution in [0.2, 0.25) is 5.02 Å². The molecular formula is C17H13ClN2O3S. The van der Waals surface area contributed by atoms with E-state index in [4.69, 9.17) is 20.9 Å². The molecule has 3 rings (SSSR count). The molecule has 5 nitrogen and oxygen atoms in total. The third kappa shape index (κ3) is 3.77. The van der Waals surface area contributed by atoms with Crippen LogP contribution in [0.4, 0.5) is 0 Å². The van der Waals surface area contributed by atoms with E-state index in [1.54, 1.807) is 36.0 Å². The predicted octanol–water partition coefficient (Wildman–Crippen LogP) is 4.47. The number of carbonyl (C=O) groups is 1. The number of rotatable bonds is 5. The van der Waals surface area contributed by atoms with Crippen LogP contribution in [0.3, 0.4) is 0 Å². The molecule has 0 radical (unpaired) electrons. The molecule has 2 aromatic carbocycles. The van der Waals surface area contributed by atoms with Crippen molar-refractivity contribution in [2.45, 2.75) is 11.5 Å². The highest BCUT2D eigenvalue weighted by Crippen LogP contribution is 2.25. The van der Waals surface area contributed by atoms with Gasteiger partial charge in [-0.1, -0.05) is 28.9 Å². The molecule has 0 N–H and O–H groups in total. The van der Waals surface area contributed by atoms with E-state index in [1.807, 2.05) is 30.5 Å². The minimum atomic E-state index is -0.444. The summed E-state index contributed by atoms with van der Waals surface area (Å²) in [5, 5.41) is 4.38. The van der Waals surface area contributed by atoms with E-state index in [0.717, 1.165) is 4.90 Å². The summed E-state index contributed by atoms with van der Waals surface area (Å²) in [5.74, 6) is 0.120. The first-order valence-corrected chi connectivity index (χ1v) is 8.66. The molecular weight excluding hydrogens is 348 g/mol. The number of esters is 1. The first-order valence-electron chi connectivity index (χ1n) is 7.06. The van der Waals surface area contributed by atoms with Gasteiger partial charge < -0.3 is 9.26 Å². The number of carbonyl (C=O) groups excluding carboxylic acids is 1. The van der Waals surface area contributed by atoms with Gasteiger partial charge in [-0.05, 0) is 42.7 Å². The van der Waals surface area contributed by atoms with Crippen LogP contribution in [0.5, 0.6) is 0 Å². The maximum Gasteiger partial charge on any atom is 0.338 e. The van der Waals surface area contributed by atoms with Crippen LogP contribution in [-0.4, -0.2) is 22.4 Å². The molecule has 0 saturated carbocycles. The lowest BCUT2D eigenvalue weighted by Crippen LogP contribution is -2.05. The van der Waals surface area contributed by atoms with Crippen molar-refractivity contribution in [2.24, 2.45) is 0 Å². The zero-order chi connectivity index (χ0) is 16.9. The number of hydrogen-bond acceptors (Lipinski definition) is 6. The van der Waals surface area contributed by atoms with Gasteiger partial charge in [-0.15, -0.1) is 11.8 Å². The standard InChI is InChI=1S/C17H13ClN2O3S/c1-24-12-8-6-11(7-9-12)17(21)22-10-15-19-16(20-23-15)13-4-2-3-5-14(13)18/h2-9H,10H2,1H3. The third-order valence-electron chi connectivity index (χ3n) is 3.24. The normalized spacial score (nSPS) is 10.6. The Hall–Kier alpha value is -2.31. The van der Waals surface area contributed by atoms with Crippen LogP contribution in [0.1, 0.15) is 16.2 Å². The van der Waals surface area contributed by atoms with Gasteiger partial charge >= 0.3 is 5.97 Å². The highest BCUT2D eigenvalue weighted by atomic mass is 35.5. The van der Waals surface area contributed by atoms with Gasteiger partial charge in [0.15, 0.2) is 6.61 Å². The van der Waals surface area contributed by atoms with Crippen LogP contribution in [-0.2, 0) is 11.3 Å². The molecule has 0 spiro atoms. The highest BCUT2D eigenvalue weighted by molar-refractivity contribution is 7.98. The molecule has 0 atom stereocenters. The minimum Gasteiger partial charge on any atom is -0.452 e. The Labute approximate surface area is 148 Å². The van der Waals surface area contributed by atoms with Crippen LogP contribution < -0.4 is 0 Å². The first kappa shape index (κ1) is 16.5. The molecule has 3 aromatic rings. The van der Waals surface area contributed by atoms with E-state index in [2.05, 4.69) is 10.1 Å². The summed E-state index contributed by atoms with van der Waals surface area (Å²) < 4.78 is 10.3. The van der Waals surface area contributed by atoms with Crippen molar-refractivity contribution in [1.82, 2.24) is 10.1 Å². The second-order valence-corrected chi connectivity index (χ2v) is 6.08. The van der Waals surface area contributed by atoms with Gasteiger partial charge in [0, 0.05) is 10.5 Å². The molecule has 7 heteroatoms. The van der Waals surface area contributed by atoms with Crippen molar-refractivity contribution in [1.29, 1.82) is 0 Å². The predicted molar refractivity (Wildman–Crippen MR) is 92.1 cm³/mol. The van der Waals surface area contributed by atoms with Gasteiger partial charge in [0.25, 0.3) is 5.89 Å². The average molecular weight is 361 g/mol. The van der Waals surface area contributed by atoms with Gasteiger partial charge in [0.2, 0.25) is 5.82 Å². The van der Waals surface area contributed by atoms with Gasteiger partial charge in [-0.2, -0.15) is 4.98 Å². The Bertz CT molecular complexity index is 849. The lowest BCUT2D eigenvalue weighted by molar-refractivity contribution is 0.0429. The Morgan fingerprint density at radius 1 is 1.21 bits per heavy atom. The van der Waals surface area contributed by atoms with E-state index in [-0.39, 0.29) is 12.5 Å². The van der Waals surface area contributed by atoms with Crippen molar-refractivity contribution in [3.63, 3.8) is 0 Å². The van der Waals surface area contributed by atoms with E-state index in [0.29, 0.717) is 22.0 Å². The Morgan fingerprint density at radius 3 is 2.67 bits per heavy atom. The molecule has 1 aromatic heterocycles. The second kappa shape index (κ2) is 7.51. The summed E-state index contributed by atoms with van der Waals surface area (Å²) in [7, 11) is 0. The van der Waals surface area contributed by atoms with Crippen LogP contribution in [0.25, 0.3) is 11.4 Å². The van der Waals surface area contributed by atoms with Crippen molar-refractivity contribution in [2.75, 3.05) is 6.26 Å². The van der Waals surface area contributed by atoms with Crippen LogP contribution >= 0.6 is 23.4 Å². The molecule has 0 amide bonds. The highest BCUT2D eigenvalue weighted by Gasteiger charge is 2.14. The van der Waals surface area contributed by atoms with E-state index in [9.17, 15) is 4.79 Å². The summed E-state index contributed by atoms with van der Waals surface area (Å²) in [6, 6.07) is 14.3. The van der Waals surface area contributed by atoms with Gasteiger partial charge in [0.05, 0.1) is 10.6 Å². The molecule has 0 aliphatic heterocycles. The maximum atomic E-state index is 12.0. The molecule has 122 valence electrons. The smallest absolute Gasteiger partial charge is 0.338 e. The molecule has 1 heterocycles. The molecule has 0 aliphatic rings. The number of ether oxygens (including phenoxy) is 1. The maximum absolute atomic E-state index is 12.0. The average Bonchev–Trinajstić information content (AvgIpc) is 3.09. The number of benzene rings is 2. The zero-order valence-electron chi connectivity index (χ0n) is 12.7. The number of aromatic nitrogens is 2. The number of halogens is 1. The first-order chi connectivity index (χ1) is 11.7. The fraction of sp³-hybridized carbons (Fsp3) is 0.118. The molecule has 0 fully saturated rings. The lowest BCUT2D eigenvalue weighted by Gasteiger charge is -2.02. The van der Waals surface area contributed by atoms with Crippen molar-refractivity contribution >= 4 is 29.3 Å². The molecule has 24 heavy (non-hydrogen) atoms. The SMILES string of the molecule is CSc1ccc(C(=O)OCc2nc(-c3ccccc3Cl)no2)cc1. The fourth-order valence-electron chi connectivity index (χ4n) is 2.00. The van der Waals surface area contributed by atoms with Gasteiger partial charge in [-0.3, -0.25) is 0 Å². The summed E-state index contributed by atoms with van der Waals surface area (Å²) >= 11 is 7.70. The summed E-state index contributed by atoms with van der Waals surface area (Å²) in [4.78, 5) is 17.3. The van der Waals surface area contributed by atoms with E-state index in [1.165, 1.54) is 0 Å². The van der Waals surface area contributed by atoms with Crippen molar-refractivity contribution in [3.8, 4) is 11.4 Å². The number of thioether (sulfide) groups is 1. The largest absolute Gasteiger partial charge is 0.452 e. The van der Waals surface area contributed by atoms with Crippen molar-refractivity contribution in [3.05, 3.63) is 65.0 Å². The summed E-state index contributed by atoms with van der Waals surface area (Å²) in [6.45, 7) is -0.0967. The molecule has 0 bridgehead atoms. The van der Waals surface area contributed by atoms with Crippen LogP contribution in [0.15, 0.2) is 57.9 Å². The van der Waals surface area contributed by atoms with E-state index >= 15 is 0 Å². The molecule has 0 saturated heterocycles. The fourth-order valence-corrected chi connectivity index (χ4v) is 2.63. The third-order valence-corrected chi connectivity index (χ3v) is 4.31. The Kier molecular flexibility index (Phi) is 5.17. The summed E-state index contributed by atoms with van der Waals surface area (Å²) in [6.07, 6.45) is 1.97. The quantitative estimate of drug-likeness (QED) is 0.494. The van der Waals surface area contributed by atoms with Gasteiger partial charge in [-0.25, -0.2) is 4.79 Å². The lowest BCUT2D eigenvalue weighted by atomic mass is 10.2. The monoisotopic (exact) mass is 360 g/mol. The number of hydrogen-bond donors (Lipinski definition) is 0. The molecule has 0 aliphatic carbocycles. The Morgan fingerprint density at radius 2 is 1.96 bits per heavy atom. The Balaban J connectivity index is 1.65. The zero-order valence-corrected chi connectivity index (χ0v) is 14.3. The summed E-state index contributed by atoms with van der Waals surface area (Å²) in [5.41, 5.74) is 1.13. The van der Waals surface area contributed by atoms with Gasteiger partial charge in [0.1, 0.15) is 0 Å². The second-order valence-electron chi connectivity index (χ2n) is 4.80. The number of nitrogens with zero attached hydrogens (tertiary/aromatic N) is 2. The van der Waals surface area contributed by atoms with E-state index < -0.39 is 5.97 Å².